The number of ether oxygens (including phenoxy) is 1. The Labute approximate surface area is 104 Å². The molecule has 0 bridgehead atoms. The molecule has 0 spiro atoms. The lowest BCUT2D eigenvalue weighted by Gasteiger charge is -2.36. The van der Waals surface area contributed by atoms with Gasteiger partial charge in [-0.25, -0.2) is 8.42 Å². The second-order valence-corrected chi connectivity index (χ2v) is 7.22. The summed E-state index contributed by atoms with van der Waals surface area (Å²) in [7, 11) is -2.88. The molecule has 102 valence electrons. The lowest BCUT2D eigenvalue weighted by molar-refractivity contribution is -0.00430. The molecule has 5 nitrogen and oxygen atoms in total. The van der Waals surface area contributed by atoms with Gasteiger partial charge in [-0.05, 0) is 0 Å². The van der Waals surface area contributed by atoms with Crippen molar-refractivity contribution in [3.8, 4) is 0 Å². The molecule has 0 aromatic carbocycles. The molecule has 1 unspecified atom stereocenters. The third-order valence-corrected chi connectivity index (χ3v) is 3.78. The summed E-state index contributed by atoms with van der Waals surface area (Å²) in [6, 6.07) is 0.724. The van der Waals surface area contributed by atoms with Crippen LogP contribution in [0.5, 0.6) is 0 Å². The topological polar surface area (TPSA) is 58.6 Å². The summed E-state index contributed by atoms with van der Waals surface area (Å²) in [4.78, 5) is 2.21. The summed E-state index contributed by atoms with van der Waals surface area (Å²) >= 11 is 0. The molecule has 1 rings (SSSR count). The molecule has 0 radical (unpaired) electrons. The van der Waals surface area contributed by atoms with Gasteiger partial charge in [-0.15, -0.1) is 0 Å². The van der Waals surface area contributed by atoms with E-state index in [1.807, 2.05) is 0 Å². The van der Waals surface area contributed by atoms with Crippen LogP contribution < -0.4 is 5.32 Å². The first-order valence-electron chi connectivity index (χ1n) is 6.11. The van der Waals surface area contributed by atoms with Crippen LogP contribution in [0.4, 0.5) is 0 Å². The van der Waals surface area contributed by atoms with E-state index in [-0.39, 0.29) is 11.8 Å². The van der Waals surface area contributed by atoms with E-state index in [0.717, 1.165) is 13.1 Å². The first kappa shape index (κ1) is 14.9. The summed E-state index contributed by atoms with van der Waals surface area (Å²) in [5, 5.41) is 3.37. The monoisotopic (exact) mass is 264 g/mol. The standard InChI is InChI=1S/C11H24N2O3S/c1-10(2)12-8-11-9-16-6-4-13(11)5-7-17(3,14)15/h10-12H,4-9H2,1-3H3. The van der Waals surface area contributed by atoms with Crippen molar-refractivity contribution in [1.82, 2.24) is 10.2 Å². The first-order chi connectivity index (χ1) is 7.88. The molecule has 1 heterocycles. The van der Waals surface area contributed by atoms with Crippen molar-refractivity contribution in [3.05, 3.63) is 0 Å². The van der Waals surface area contributed by atoms with Crippen molar-refractivity contribution in [3.63, 3.8) is 0 Å². The molecule has 0 saturated carbocycles. The van der Waals surface area contributed by atoms with Crippen molar-refractivity contribution < 1.29 is 13.2 Å². The molecule has 0 aliphatic carbocycles. The number of rotatable bonds is 6. The van der Waals surface area contributed by atoms with Crippen LogP contribution in [0.15, 0.2) is 0 Å². The predicted octanol–water partition coefficient (Wildman–Crippen LogP) is -0.270. The van der Waals surface area contributed by atoms with Gasteiger partial charge in [-0.2, -0.15) is 0 Å². The van der Waals surface area contributed by atoms with Gasteiger partial charge >= 0.3 is 0 Å². The minimum atomic E-state index is -2.88. The van der Waals surface area contributed by atoms with Crippen molar-refractivity contribution in [2.75, 3.05) is 44.9 Å². The highest BCUT2D eigenvalue weighted by atomic mass is 32.2. The number of sulfone groups is 1. The van der Waals surface area contributed by atoms with Crippen LogP contribution in [0.1, 0.15) is 13.8 Å². The number of hydrogen-bond acceptors (Lipinski definition) is 5. The van der Waals surface area contributed by atoms with E-state index in [9.17, 15) is 8.42 Å². The van der Waals surface area contributed by atoms with E-state index in [4.69, 9.17) is 4.74 Å². The van der Waals surface area contributed by atoms with Crippen LogP contribution in [0, 0.1) is 0 Å². The van der Waals surface area contributed by atoms with Crippen molar-refractivity contribution in [1.29, 1.82) is 0 Å². The Morgan fingerprint density at radius 2 is 2.18 bits per heavy atom. The van der Waals surface area contributed by atoms with E-state index < -0.39 is 9.84 Å². The average molecular weight is 264 g/mol. The van der Waals surface area contributed by atoms with Crippen molar-refractivity contribution in [2.24, 2.45) is 0 Å². The average Bonchev–Trinajstić information content (AvgIpc) is 2.23. The van der Waals surface area contributed by atoms with Crippen LogP contribution >= 0.6 is 0 Å². The number of hydrogen-bond donors (Lipinski definition) is 1. The zero-order valence-electron chi connectivity index (χ0n) is 11.0. The van der Waals surface area contributed by atoms with Crippen molar-refractivity contribution >= 4 is 9.84 Å². The summed E-state index contributed by atoms with van der Waals surface area (Å²) in [5.74, 6) is 0.227. The summed E-state index contributed by atoms with van der Waals surface area (Å²) in [6.07, 6.45) is 1.29. The van der Waals surface area contributed by atoms with Gasteiger partial charge in [0.15, 0.2) is 0 Å². The predicted molar refractivity (Wildman–Crippen MR) is 69.0 cm³/mol. The quantitative estimate of drug-likeness (QED) is 0.716. The Balaban J connectivity index is 2.42. The Morgan fingerprint density at radius 1 is 1.47 bits per heavy atom. The van der Waals surface area contributed by atoms with Crippen molar-refractivity contribution in [2.45, 2.75) is 25.9 Å². The third-order valence-electron chi connectivity index (χ3n) is 2.86. The van der Waals surface area contributed by atoms with E-state index >= 15 is 0 Å². The Hall–Kier alpha value is -0.170. The van der Waals surface area contributed by atoms with Gasteiger partial charge in [0.05, 0.1) is 19.0 Å². The number of morpholine rings is 1. The molecular weight excluding hydrogens is 240 g/mol. The number of nitrogens with one attached hydrogen (secondary N) is 1. The van der Waals surface area contributed by atoms with Gasteiger partial charge in [0.2, 0.25) is 0 Å². The fourth-order valence-corrected chi connectivity index (χ4v) is 2.39. The Bertz CT molecular complexity index is 317. The second-order valence-electron chi connectivity index (χ2n) is 4.96. The van der Waals surface area contributed by atoms with Crippen LogP contribution in [0.25, 0.3) is 0 Å². The maximum atomic E-state index is 11.2. The number of nitrogens with zero attached hydrogens (tertiary/aromatic N) is 1. The smallest absolute Gasteiger partial charge is 0.148 e. The lowest BCUT2D eigenvalue weighted by Crippen LogP contribution is -2.52. The zero-order chi connectivity index (χ0) is 12.9. The van der Waals surface area contributed by atoms with Crippen LogP contribution in [0.3, 0.4) is 0 Å². The molecule has 0 amide bonds. The van der Waals surface area contributed by atoms with Gasteiger partial charge in [0.1, 0.15) is 9.84 Å². The van der Waals surface area contributed by atoms with Gasteiger partial charge in [0.25, 0.3) is 0 Å². The van der Waals surface area contributed by atoms with Gasteiger partial charge < -0.3 is 10.1 Å². The normalized spacial score (nSPS) is 23.2. The molecule has 17 heavy (non-hydrogen) atoms. The van der Waals surface area contributed by atoms with Crippen LogP contribution in [-0.2, 0) is 14.6 Å². The minimum Gasteiger partial charge on any atom is -0.378 e. The molecule has 0 aromatic rings. The fraction of sp³-hybridized carbons (Fsp3) is 1.00. The molecule has 6 heteroatoms. The molecule has 1 aliphatic rings. The maximum absolute atomic E-state index is 11.2. The van der Waals surface area contributed by atoms with Crippen LogP contribution in [0.2, 0.25) is 0 Å². The van der Waals surface area contributed by atoms with Gasteiger partial charge in [0, 0.05) is 38.0 Å². The molecule has 1 fully saturated rings. The zero-order valence-corrected chi connectivity index (χ0v) is 11.8. The molecule has 1 N–H and O–H groups in total. The molecule has 1 atom stereocenters. The molecule has 1 saturated heterocycles. The highest BCUT2D eigenvalue weighted by molar-refractivity contribution is 7.90. The van der Waals surface area contributed by atoms with E-state index in [2.05, 4.69) is 24.1 Å². The Kier molecular flexibility index (Phi) is 5.85. The van der Waals surface area contributed by atoms with Crippen LogP contribution in [-0.4, -0.2) is 70.3 Å². The van der Waals surface area contributed by atoms with E-state index in [1.54, 1.807) is 0 Å². The maximum Gasteiger partial charge on any atom is 0.148 e. The minimum absolute atomic E-state index is 0.227. The largest absolute Gasteiger partial charge is 0.378 e. The van der Waals surface area contributed by atoms with Gasteiger partial charge in [-0.1, -0.05) is 13.8 Å². The first-order valence-corrected chi connectivity index (χ1v) is 8.17. The fourth-order valence-electron chi connectivity index (χ4n) is 1.83. The van der Waals surface area contributed by atoms with Gasteiger partial charge in [-0.3, -0.25) is 4.90 Å². The molecule has 0 aromatic heterocycles. The van der Waals surface area contributed by atoms with E-state index in [0.29, 0.717) is 25.8 Å². The summed E-state index contributed by atoms with van der Waals surface area (Å²) in [6.45, 7) is 7.86. The SMILES string of the molecule is CC(C)NCC1COCCN1CCS(C)(=O)=O. The highest BCUT2D eigenvalue weighted by Gasteiger charge is 2.23. The second kappa shape index (κ2) is 6.68. The Morgan fingerprint density at radius 3 is 2.76 bits per heavy atom. The molecular formula is C11H24N2O3S. The molecule has 1 aliphatic heterocycles. The summed E-state index contributed by atoms with van der Waals surface area (Å²) in [5.41, 5.74) is 0. The highest BCUT2D eigenvalue weighted by Crippen LogP contribution is 2.06. The third kappa shape index (κ3) is 6.35. The lowest BCUT2D eigenvalue weighted by atomic mass is 10.2. The summed E-state index contributed by atoms with van der Waals surface area (Å²) < 4.78 is 27.8. The van der Waals surface area contributed by atoms with E-state index in [1.165, 1.54) is 6.26 Å².